The summed E-state index contributed by atoms with van der Waals surface area (Å²) in [5.41, 5.74) is 3.26. The molecule has 0 aliphatic rings. The Hall–Kier alpha value is -3.25. The maximum Gasteiger partial charge on any atom is 0.274 e. The molecule has 0 saturated carbocycles. The van der Waals surface area contributed by atoms with Crippen molar-refractivity contribution < 1.29 is 14.3 Å². The summed E-state index contributed by atoms with van der Waals surface area (Å²) in [4.78, 5) is 16.7. The second kappa shape index (κ2) is 8.63. The van der Waals surface area contributed by atoms with Crippen molar-refractivity contribution >= 4 is 34.6 Å². The monoisotopic (exact) mass is 397 g/mol. The number of anilines is 3. The highest BCUT2D eigenvalue weighted by molar-refractivity contribution is 6.31. The van der Waals surface area contributed by atoms with Gasteiger partial charge in [0, 0.05) is 28.7 Å². The molecule has 0 saturated heterocycles. The van der Waals surface area contributed by atoms with Crippen LogP contribution in [0, 0.1) is 6.92 Å². The van der Waals surface area contributed by atoms with E-state index in [-0.39, 0.29) is 11.6 Å². The maximum absolute atomic E-state index is 12.5. The van der Waals surface area contributed by atoms with Crippen molar-refractivity contribution in [2.24, 2.45) is 0 Å². The van der Waals surface area contributed by atoms with Crippen LogP contribution in [0.3, 0.4) is 0 Å². The Morgan fingerprint density at radius 2 is 1.82 bits per heavy atom. The van der Waals surface area contributed by atoms with E-state index in [1.807, 2.05) is 25.1 Å². The Morgan fingerprint density at radius 3 is 2.54 bits per heavy atom. The van der Waals surface area contributed by atoms with E-state index in [1.165, 1.54) is 0 Å². The zero-order valence-corrected chi connectivity index (χ0v) is 16.5. The smallest absolute Gasteiger partial charge is 0.274 e. The largest absolute Gasteiger partial charge is 0.497 e. The van der Waals surface area contributed by atoms with E-state index >= 15 is 0 Å². The van der Waals surface area contributed by atoms with E-state index in [1.54, 1.807) is 50.7 Å². The standard InChI is InChI=1S/C21H20ClN3O3/c1-13-4-5-14(10-17(13)22)25-21(26)19-11-15(8-9-23-19)24-18-7-6-16(27-2)12-20(18)28-3/h4-12H,1-3H3,(H,23,24)(H,25,26). The number of hydrogen-bond acceptors (Lipinski definition) is 5. The van der Waals surface area contributed by atoms with Crippen LogP contribution in [0.5, 0.6) is 11.5 Å². The van der Waals surface area contributed by atoms with Crippen molar-refractivity contribution in [2.75, 3.05) is 24.9 Å². The molecule has 0 unspecified atom stereocenters. The van der Waals surface area contributed by atoms with Gasteiger partial charge in [-0.15, -0.1) is 0 Å². The molecule has 28 heavy (non-hydrogen) atoms. The molecule has 0 bridgehead atoms. The normalized spacial score (nSPS) is 10.3. The molecule has 1 amide bonds. The minimum Gasteiger partial charge on any atom is -0.497 e. The number of ether oxygens (including phenoxy) is 2. The molecule has 1 aromatic heterocycles. The van der Waals surface area contributed by atoms with Crippen molar-refractivity contribution in [3.05, 3.63) is 71.0 Å². The number of aromatic nitrogens is 1. The Balaban J connectivity index is 1.78. The number of nitrogens with zero attached hydrogens (tertiary/aromatic N) is 1. The van der Waals surface area contributed by atoms with E-state index in [4.69, 9.17) is 21.1 Å². The number of amides is 1. The first-order valence-corrected chi connectivity index (χ1v) is 8.90. The predicted octanol–water partition coefficient (Wildman–Crippen LogP) is 5.06. The second-order valence-electron chi connectivity index (χ2n) is 6.04. The lowest BCUT2D eigenvalue weighted by Gasteiger charge is -2.13. The third kappa shape index (κ3) is 4.53. The lowest BCUT2D eigenvalue weighted by Crippen LogP contribution is -2.13. The van der Waals surface area contributed by atoms with Gasteiger partial charge in [0.2, 0.25) is 0 Å². The lowest BCUT2D eigenvalue weighted by molar-refractivity contribution is 0.102. The van der Waals surface area contributed by atoms with Gasteiger partial charge >= 0.3 is 0 Å². The van der Waals surface area contributed by atoms with Crippen LogP contribution in [0.2, 0.25) is 5.02 Å². The highest BCUT2D eigenvalue weighted by Crippen LogP contribution is 2.31. The van der Waals surface area contributed by atoms with Gasteiger partial charge in [0.25, 0.3) is 5.91 Å². The molecule has 0 aliphatic carbocycles. The van der Waals surface area contributed by atoms with Crippen molar-refractivity contribution in [1.29, 1.82) is 0 Å². The Labute approximate surface area is 168 Å². The molecule has 2 aromatic carbocycles. The minimum absolute atomic E-state index is 0.272. The predicted molar refractivity (Wildman–Crippen MR) is 111 cm³/mol. The van der Waals surface area contributed by atoms with Crippen LogP contribution in [-0.2, 0) is 0 Å². The van der Waals surface area contributed by atoms with E-state index in [0.29, 0.717) is 27.9 Å². The number of nitrogens with one attached hydrogen (secondary N) is 2. The first kappa shape index (κ1) is 19.5. The highest BCUT2D eigenvalue weighted by atomic mass is 35.5. The summed E-state index contributed by atoms with van der Waals surface area (Å²) >= 11 is 6.11. The number of aryl methyl sites for hydroxylation is 1. The van der Waals surface area contributed by atoms with Gasteiger partial charge in [0.15, 0.2) is 0 Å². The summed E-state index contributed by atoms with van der Waals surface area (Å²) in [5.74, 6) is 0.982. The molecule has 0 aliphatic heterocycles. The van der Waals surface area contributed by atoms with Gasteiger partial charge in [0.05, 0.1) is 19.9 Å². The van der Waals surface area contributed by atoms with Gasteiger partial charge in [-0.1, -0.05) is 17.7 Å². The first-order valence-electron chi connectivity index (χ1n) is 8.53. The maximum atomic E-state index is 12.5. The van der Waals surface area contributed by atoms with E-state index in [2.05, 4.69) is 15.6 Å². The minimum atomic E-state index is -0.328. The Morgan fingerprint density at radius 1 is 1.00 bits per heavy atom. The van der Waals surface area contributed by atoms with Gasteiger partial charge < -0.3 is 20.1 Å². The first-order chi connectivity index (χ1) is 13.5. The molecule has 6 nitrogen and oxygen atoms in total. The topological polar surface area (TPSA) is 72.5 Å². The number of hydrogen-bond donors (Lipinski definition) is 2. The fourth-order valence-electron chi connectivity index (χ4n) is 2.56. The number of benzene rings is 2. The van der Waals surface area contributed by atoms with Crippen molar-refractivity contribution in [3.8, 4) is 11.5 Å². The zero-order chi connectivity index (χ0) is 20.1. The molecule has 7 heteroatoms. The average molecular weight is 398 g/mol. The van der Waals surface area contributed by atoms with Gasteiger partial charge in [-0.3, -0.25) is 9.78 Å². The summed E-state index contributed by atoms with van der Waals surface area (Å²) in [7, 11) is 3.18. The SMILES string of the molecule is COc1ccc(Nc2ccnc(C(=O)Nc3ccc(C)c(Cl)c3)c2)c(OC)c1. The number of carbonyl (C=O) groups is 1. The lowest BCUT2D eigenvalue weighted by atomic mass is 10.2. The molecule has 144 valence electrons. The molecule has 2 N–H and O–H groups in total. The molecule has 3 rings (SSSR count). The van der Waals surface area contributed by atoms with E-state index < -0.39 is 0 Å². The van der Waals surface area contributed by atoms with Crippen molar-refractivity contribution in [2.45, 2.75) is 6.92 Å². The van der Waals surface area contributed by atoms with Crippen molar-refractivity contribution in [1.82, 2.24) is 4.98 Å². The van der Waals surface area contributed by atoms with Crippen LogP contribution in [-0.4, -0.2) is 25.1 Å². The van der Waals surface area contributed by atoms with Crippen LogP contribution < -0.4 is 20.1 Å². The van der Waals surface area contributed by atoms with Crippen LogP contribution in [0.15, 0.2) is 54.7 Å². The van der Waals surface area contributed by atoms with Crippen LogP contribution in [0.25, 0.3) is 0 Å². The highest BCUT2D eigenvalue weighted by Gasteiger charge is 2.11. The summed E-state index contributed by atoms with van der Waals surface area (Å²) in [6, 6.07) is 14.2. The summed E-state index contributed by atoms with van der Waals surface area (Å²) in [5, 5.41) is 6.62. The Kier molecular flexibility index (Phi) is 6.01. The molecule has 0 atom stereocenters. The average Bonchev–Trinajstić information content (AvgIpc) is 2.71. The van der Waals surface area contributed by atoms with E-state index in [0.717, 1.165) is 11.3 Å². The number of methoxy groups -OCH3 is 2. The number of halogens is 1. The summed E-state index contributed by atoms with van der Waals surface area (Å²) in [6.07, 6.45) is 1.56. The third-order valence-corrected chi connectivity index (χ3v) is 4.52. The quantitative estimate of drug-likeness (QED) is 0.608. The zero-order valence-electron chi connectivity index (χ0n) is 15.7. The fourth-order valence-corrected chi connectivity index (χ4v) is 2.74. The molecular weight excluding hydrogens is 378 g/mol. The van der Waals surface area contributed by atoms with Crippen LogP contribution in [0.4, 0.5) is 17.1 Å². The summed E-state index contributed by atoms with van der Waals surface area (Å²) in [6.45, 7) is 1.90. The van der Waals surface area contributed by atoms with Crippen LogP contribution in [0.1, 0.15) is 16.1 Å². The fraction of sp³-hybridized carbons (Fsp3) is 0.143. The molecular formula is C21H20ClN3O3. The van der Waals surface area contributed by atoms with Crippen LogP contribution >= 0.6 is 11.6 Å². The number of rotatable bonds is 6. The molecule has 1 heterocycles. The molecule has 0 spiro atoms. The number of carbonyl (C=O) groups excluding carboxylic acids is 1. The van der Waals surface area contributed by atoms with Crippen molar-refractivity contribution in [3.63, 3.8) is 0 Å². The van der Waals surface area contributed by atoms with Gasteiger partial charge in [-0.05, 0) is 48.9 Å². The van der Waals surface area contributed by atoms with Gasteiger partial charge in [-0.25, -0.2) is 0 Å². The second-order valence-corrected chi connectivity index (χ2v) is 6.45. The molecule has 0 fully saturated rings. The number of pyridine rings is 1. The molecule has 0 radical (unpaired) electrons. The van der Waals surface area contributed by atoms with Gasteiger partial charge in [0.1, 0.15) is 17.2 Å². The van der Waals surface area contributed by atoms with Gasteiger partial charge in [-0.2, -0.15) is 0 Å². The summed E-state index contributed by atoms with van der Waals surface area (Å²) < 4.78 is 10.6. The third-order valence-electron chi connectivity index (χ3n) is 4.11. The Bertz CT molecular complexity index is 1010. The molecule has 3 aromatic rings. The van der Waals surface area contributed by atoms with E-state index in [9.17, 15) is 4.79 Å².